The summed E-state index contributed by atoms with van der Waals surface area (Å²) in [6, 6.07) is 15.4. The second-order valence-corrected chi connectivity index (χ2v) is 9.49. The van der Waals surface area contributed by atoms with E-state index in [1.165, 1.54) is 0 Å². The highest BCUT2D eigenvalue weighted by Gasteiger charge is 2.30. The van der Waals surface area contributed by atoms with E-state index in [-0.39, 0.29) is 17.7 Å². The fraction of sp³-hybridized carbons (Fsp3) is 0.276. The maximum atomic E-state index is 11.8. The Hall–Kier alpha value is -4.37. The van der Waals surface area contributed by atoms with E-state index in [0.717, 1.165) is 57.6 Å². The number of fused-ring (bicyclic) bond motifs is 2. The Labute approximate surface area is 220 Å². The van der Waals surface area contributed by atoms with Crippen molar-refractivity contribution < 1.29 is 14.2 Å². The molecule has 0 saturated carbocycles. The van der Waals surface area contributed by atoms with Crippen molar-refractivity contribution in [3.63, 3.8) is 0 Å². The molecule has 2 aliphatic heterocycles. The molecular formula is C29H29N5O4. The highest BCUT2D eigenvalue weighted by Crippen LogP contribution is 2.42. The molecule has 2 atom stereocenters. The number of anilines is 2. The van der Waals surface area contributed by atoms with Crippen molar-refractivity contribution in [3.05, 3.63) is 100.0 Å². The van der Waals surface area contributed by atoms with Crippen LogP contribution in [0.2, 0.25) is 0 Å². The number of pyridine rings is 3. The SMILES string of the molecule is COc1ccnc(C(C)Nc2ccc3c(c2)Cc2ccnc(C4CN(c5cc[nH]c(=O)c5)CCO4)c2O3)c1. The summed E-state index contributed by atoms with van der Waals surface area (Å²) in [5.41, 5.74) is 5.59. The van der Waals surface area contributed by atoms with Crippen molar-refractivity contribution in [1.82, 2.24) is 15.0 Å². The Morgan fingerprint density at radius 2 is 2.00 bits per heavy atom. The first-order valence-electron chi connectivity index (χ1n) is 12.7. The van der Waals surface area contributed by atoms with Gasteiger partial charge in [-0.3, -0.25) is 14.8 Å². The lowest BCUT2D eigenvalue weighted by Crippen LogP contribution is -2.39. The molecule has 0 bridgehead atoms. The molecule has 0 aliphatic carbocycles. The molecule has 2 N–H and O–H groups in total. The number of rotatable bonds is 6. The maximum Gasteiger partial charge on any atom is 0.249 e. The minimum Gasteiger partial charge on any atom is -0.497 e. The monoisotopic (exact) mass is 511 g/mol. The van der Waals surface area contributed by atoms with Gasteiger partial charge in [-0.05, 0) is 43.3 Å². The average Bonchev–Trinajstić information content (AvgIpc) is 2.96. The molecule has 2 unspecified atom stereocenters. The molecule has 194 valence electrons. The molecule has 0 spiro atoms. The summed E-state index contributed by atoms with van der Waals surface area (Å²) in [5, 5.41) is 3.54. The number of aromatic nitrogens is 3. The number of morpholine rings is 1. The van der Waals surface area contributed by atoms with E-state index in [1.54, 1.807) is 25.6 Å². The molecule has 5 heterocycles. The number of benzene rings is 1. The molecule has 2 aliphatic rings. The summed E-state index contributed by atoms with van der Waals surface area (Å²) in [5.74, 6) is 2.35. The Bertz CT molecular complexity index is 1520. The molecule has 1 fully saturated rings. The molecule has 0 amide bonds. The minimum absolute atomic E-state index is 0.00217. The Morgan fingerprint density at radius 3 is 2.87 bits per heavy atom. The van der Waals surface area contributed by atoms with Crippen LogP contribution in [0.25, 0.3) is 0 Å². The lowest BCUT2D eigenvalue weighted by Gasteiger charge is -2.35. The molecule has 3 aromatic heterocycles. The Morgan fingerprint density at radius 1 is 1.11 bits per heavy atom. The van der Waals surface area contributed by atoms with E-state index in [9.17, 15) is 4.79 Å². The lowest BCUT2D eigenvalue weighted by molar-refractivity contribution is 0.0355. The number of nitrogens with zero attached hydrogens (tertiary/aromatic N) is 3. The smallest absolute Gasteiger partial charge is 0.249 e. The summed E-state index contributed by atoms with van der Waals surface area (Å²) in [4.78, 5) is 25.8. The second-order valence-electron chi connectivity index (χ2n) is 9.49. The highest BCUT2D eigenvalue weighted by atomic mass is 16.5. The van der Waals surface area contributed by atoms with Gasteiger partial charge in [-0.25, -0.2) is 0 Å². The summed E-state index contributed by atoms with van der Waals surface area (Å²) in [6.07, 6.45) is 5.70. The summed E-state index contributed by atoms with van der Waals surface area (Å²) in [6.45, 7) is 3.90. The molecule has 0 radical (unpaired) electrons. The van der Waals surface area contributed by atoms with Crippen LogP contribution in [0.15, 0.2) is 71.9 Å². The topological polar surface area (TPSA) is 102 Å². The lowest BCUT2D eigenvalue weighted by atomic mass is 9.98. The fourth-order valence-corrected chi connectivity index (χ4v) is 5.01. The van der Waals surface area contributed by atoms with Crippen LogP contribution in [0.1, 0.15) is 41.6 Å². The van der Waals surface area contributed by atoms with Crippen molar-refractivity contribution in [1.29, 1.82) is 0 Å². The number of hydrogen-bond acceptors (Lipinski definition) is 8. The molecule has 1 aromatic carbocycles. The van der Waals surface area contributed by atoms with Crippen LogP contribution >= 0.6 is 0 Å². The third-order valence-corrected chi connectivity index (χ3v) is 6.98. The van der Waals surface area contributed by atoms with Crippen LogP contribution in [-0.4, -0.2) is 41.8 Å². The molecule has 6 rings (SSSR count). The van der Waals surface area contributed by atoms with E-state index in [2.05, 4.69) is 38.2 Å². The van der Waals surface area contributed by atoms with Gasteiger partial charge in [0.1, 0.15) is 23.3 Å². The Kier molecular flexibility index (Phi) is 6.43. The average molecular weight is 512 g/mol. The first-order chi connectivity index (χ1) is 18.6. The van der Waals surface area contributed by atoms with Gasteiger partial charge >= 0.3 is 0 Å². The van der Waals surface area contributed by atoms with Crippen LogP contribution < -0.4 is 25.2 Å². The number of ether oxygens (including phenoxy) is 3. The van der Waals surface area contributed by atoms with E-state index in [4.69, 9.17) is 14.2 Å². The van der Waals surface area contributed by atoms with Crippen molar-refractivity contribution in [3.8, 4) is 17.2 Å². The standard InChI is InChI=1S/C29H29N5O4/c1-18(24-16-23(36-2)7-10-30-24)33-21-3-4-25-20(14-21)13-19-5-8-32-28(29(19)38-25)26-17-34(11-12-37-26)22-6-9-31-27(35)15-22/h3-10,14-16,18,26,33H,11-13,17H2,1-2H3,(H,31,35). The number of hydrogen-bond donors (Lipinski definition) is 2. The molecular weight excluding hydrogens is 482 g/mol. The zero-order valence-corrected chi connectivity index (χ0v) is 21.3. The number of aromatic amines is 1. The van der Waals surface area contributed by atoms with Crippen LogP contribution in [0.3, 0.4) is 0 Å². The molecule has 9 nitrogen and oxygen atoms in total. The van der Waals surface area contributed by atoms with Gasteiger partial charge in [-0.2, -0.15) is 0 Å². The quantitative estimate of drug-likeness (QED) is 0.341. The molecule has 38 heavy (non-hydrogen) atoms. The third-order valence-electron chi connectivity index (χ3n) is 6.98. The van der Waals surface area contributed by atoms with Gasteiger partial charge in [0.15, 0.2) is 5.75 Å². The Balaban J connectivity index is 1.21. The van der Waals surface area contributed by atoms with Crippen molar-refractivity contribution in [2.75, 3.05) is 37.0 Å². The molecule has 4 aromatic rings. The number of methoxy groups -OCH3 is 1. The van der Waals surface area contributed by atoms with Crippen LogP contribution in [-0.2, 0) is 11.2 Å². The minimum atomic E-state index is -0.267. The van der Waals surface area contributed by atoms with Crippen LogP contribution in [0.4, 0.5) is 11.4 Å². The zero-order valence-electron chi connectivity index (χ0n) is 21.3. The molecule has 9 heteroatoms. The van der Waals surface area contributed by atoms with E-state index in [0.29, 0.717) is 19.7 Å². The second kappa shape index (κ2) is 10.2. The van der Waals surface area contributed by atoms with Gasteiger partial charge < -0.3 is 29.4 Å². The van der Waals surface area contributed by atoms with E-state index >= 15 is 0 Å². The highest BCUT2D eigenvalue weighted by molar-refractivity contribution is 5.58. The van der Waals surface area contributed by atoms with Crippen LogP contribution in [0, 0.1) is 0 Å². The predicted molar refractivity (Wildman–Crippen MR) is 144 cm³/mol. The van der Waals surface area contributed by atoms with Gasteiger partial charge in [0, 0.05) is 66.2 Å². The first kappa shape index (κ1) is 24.0. The first-order valence-corrected chi connectivity index (χ1v) is 12.7. The normalized spacial score (nSPS) is 17.1. The van der Waals surface area contributed by atoms with Crippen LogP contribution in [0.5, 0.6) is 17.2 Å². The van der Waals surface area contributed by atoms with Gasteiger partial charge in [-0.1, -0.05) is 0 Å². The van der Waals surface area contributed by atoms with Gasteiger partial charge in [0.2, 0.25) is 5.56 Å². The zero-order chi connectivity index (χ0) is 26.1. The summed E-state index contributed by atoms with van der Waals surface area (Å²) in [7, 11) is 1.65. The van der Waals surface area contributed by atoms with E-state index in [1.807, 2.05) is 42.6 Å². The van der Waals surface area contributed by atoms with Crippen molar-refractivity contribution in [2.45, 2.75) is 25.5 Å². The fourth-order valence-electron chi connectivity index (χ4n) is 5.01. The summed E-state index contributed by atoms with van der Waals surface area (Å²) < 4.78 is 17.9. The maximum absolute atomic E-state index is 11.8. The van der Waals surface area contributed by atoms with Gasteiger partial charge in [0.05, 0.1) is 32.0 Å². The van der Waals surface area contributed by atoms with Crippen molar-refractivity contribution in [2.24, 2.45) is 0 Å². The number of nitrogens with one attached hydrogen (secondary N) is 2. The van der Waals surface area contributed by atoms with Gasteiger partial charge in [-0.15, -0.1) is 0 Å². The summed E-state index contributed by atoms with van der Waals surface area (Å²) >= 11 is 0. The van der Waals surface area contributed by atoms with Gasteiger partial charge in [0.25, 0.3) is 0 Å². The third kappa shape index (κ3) is 4.80. The largest absolute Gasteiger partial charge is 0.497 e. The predicted octanol–water partition coefficient (Wildman–Crippen LogP) is 4.62. The van der Waals surface area contributed by atoms with Crippen molar-refractivity contribution >= 4 is 11.4 Å². The van der Waals surface area contributed by atoms with E-state index < -0.39 is 0 Å². The number of H-pyrrole nitrogens is 1. The molecule has 1 saturated heterocycles.